The van der Waals surface area contributed by atoms with E-state index in [1.807, 2.05) is 49.2 Å². The number of aliphatic carboxylic acids is 1. The molecule has 1 fully saturated rings. The SMILES string of the molecule is CN(c1ccccc1)C(C)(C(=O)O)C1CC1. The van der Waals surface area contributed by atoms with Crippen molar-refractivity contribution >= 4 is 11.7 Å². The largest absolute Gasteiger partial charge is 0.479 e. The number of benzene rings is 1. The topological polar surface area (TPSA) is 40.5 Å². The molecule has 1 aromatic carbocycles. The van der Waals surface area contributed by atoms with E-state index in [1.165, 1.54) is 0 Å². The summed E-state index contributed by atoms with van der Waals surface area (Å²) < 4.78 is 0. The molecule has 3 nitrogen and oxygen atoms in total. The van der Waals surface area contributed by atoms with Gasteiger partial charge in [-0.15, -0.1) is 0 Å². The molecular weight excluding hydrogens is 202 g/mol. The maximum absolute atomic E-state index is 11.5. The smallest absolute Gasteiger partial charge is 0.329 e. The van der Waals surface area contributed by atoms with Crippen LogP contribution in [0.3, 0.4) is 0 Å². The lowest BCUT2D eigenvalue weighted by molar-refractivity contribution is -0.143. The van der Waals surface area contributed by atoms with Gasteiger partial charge in [0.25, 0.3) is 0 Å². The summed E-state index contributed by atoms with van der Waals surface area (Å²) in [6.07, 6.45) is 2.03. The van der Waals surface area contributed by atoms with E-state index in [0.717, 1.165) is 18.5 Å². The van der Waals surface area contributed by atoms with Gasteiger partial charge in [0.05, 0.1) is 0 Å². The van der Waals surface area contributed by atoms with Crippen molar-refractivity contribution in [1.82, 2.24) is 0 Å². The number of anilines is 1. The van der Waals surface area contributed by atoms with Crippen molar-refractivity contribution in [3.8, 4) is 0 Å². The van der Waals surface area contributed by atoms with E-state index in [-0.39, 0.29) is 5.92 Å². The number of carbonyl (C=O) groups is 1. The van der Waals surface area contributed by atoms with Gasteiger partial charge in [-0.05, 0) is 37.8 Å². The third kappa shape index (κ3) is 1.66. The Morgan fingerprint density at radius 3 is 2.38 bits per heavy atom. The zero-order valence-corrected chi connectivity index (χ0v) is 9.68. The third-order valence-electron chi connectivity index (χ3n) is 3.65. The Hall–Kier alpha value is -1.51. The minimum absolute atomic E-state index is 0.273. The second-order valence-electron chi connectivity index (χ2n) is 4.62. The second kappa shape index (κ2) is 3.81. The number of para-hydroxylation sites is 1. The Labute approximate surface area is 95.7 Å². The molecule has 3 heteroatoms. The normalized spacial score (nSPS) is 18.9. The number of carboxylic acids is 1. The lowest BCUT2D eigenvalue weighted by atomic mass is 9.93. The van der Waals surface area contributed by atoms with Crippen molar-refractivity contribution in [2.24, 2.45) is 5.92 Å². The number of carboxylic acid groups (broad SMARTS) is 1. The molecule has 0 saturated heterocycles. The number of likely N-dealkylation sites (N-methyl/N-ethyl adjacent to an activating group) is 1. The molecule has 1 N–H and O–H groups in total. The highest BCUT2D eigenvalue weighted by atomic mass is 16.4. The molecule has 0 radical (unpaired) electrons. The molecule has 1 aliphatic carbocycles. The molecular formula is C13H17NO2. The molecule has 16 heavy (non-hydrogen) atoms. The predicted molar refractivity (Wildman–Crippen MR) is 63.6 cm³/mol. The first kappa shape index (κ1) is 11.0. The first-order valence-electron chi connectivity index (χ1n) is 5.59. The molecule has 2 rings (SSSR count). The van der Waals surface area contributed by atoms with Crippen molar-refractivity contribution < 1.29 is 9.90 Å². The van der Waals surface area contributed by atoms with Crippen molar-refractivity contribution in [2.45, 2.75) is 25.3 Å². The van der Waals surface area contributed by atoms with Gasteiger partial charge in [0, 0.05) is 12.7 Å². The van der Waals surface area contributed by atoms with Crippen LogP contribution < -0.4 is 4.90 Å². The van der Waals surface area contributed by atoms with Crippen LogP contribution in [0.25, 0.3) is 0 Å². The van der Waals surface area contributed by atoms with Crippen LogP contribution in [0.1, 0.15) is 19.8 Å². The van der Waals surface area contributed by atoms with Crippen LogP contribution in [0, 0.1) is 5.92 Å². The fraction of sp³-hybridized carbons (Fsp3) is 0.462. The number of nitrogens with zero attached hydrogens (tertiary/aromatic N) is 1. The lowest BCUT2D eigenvalue weighted by Crippen LogP contribution is -2.52. The Kier molecular flexibility index (Phi) is 2.62. The van der Waals surface area contributed by atoms with Gasteiger partial charge in [0.2, 0.25) is 0 Å². The maximum atomic E-state index is 11.5. The number of hydrogen-bond donors (Lipinski definition) is 1. The second-order valence-corrected chi connectivity index (χ2v) is 4.62. The average Bonchev–Trinajstić information content (AvgIpc) is 3.12. The fourth-order valence-electron chi connectivity index (χ4n) is 2.16. The van der Waals surface area contributed by atoms with Crippen LogP contribution in [-0.4, -0.2) is 23.7 Å². The van der Waals surface area contributed by atoms with E-state index in [0.29, 0.717) is 0 Å². The predicted octanol–water partition coefficient (Wildman–Crippen LogP) is 2.38. The fourth-order valence-corrected chi connectivity index (χ4v) is 2.16. The van der Waals surface area contributed by atoms with Crippen molar-refractivity contribution in [3.63, 3.8) is 0 Å². The Bertz CT molecular complexity index is 386. The van der Waals surface area contributed by atoms with Crippen LogP contribution >= 0.6 is 0 Å². The number of rotatable bonds is 4. The third-order valence-corrected chi connectivity index (χ3v) is 3.65. The Balaban J connectivity index is 2.31. The van der Waals surface area contributed by atoms with Crippen LogP contribution in [0.2, 0.25) is 0 Å². The molecule has 1 saturated carbocycles. The molecule has 0 amide bonds. The zero-order chi connectivity index (χ0) is 11.8. The summed E-state index contributed by atoms with van der Waals surface area (Å²) in [5, 5.41) is 9.43. The summed E-state index contributed by atoms with van der Waals surface area (Å²) in [4.78, 5) is 13.4. The van der Waals surface area contributed by atoms with E-state index < -0.39 is 11.5 Å². The molecule has 0 heterocycles. The summed E-state index contributed by atoms with van der Waals surface area (Å²) in [6.45, 7) is 1.82. The minimum atomic E-state index is -0.776. The van der Waals surface area contributed by atoms with Crippen LogP contribution in [0.4, 0.5) is 5.69 Å². The van der Waals surface area contributed by atoms with Crippen LogP contribution in [-0.2, 0) is 4.79 Å². The molecule has 0 aliphatic heterocycles. The molecule has 0 bridgehead atoms. The van der Waals surface area contributed by atoms with Gasteiger partial charge in [0.15, 0.2) is 0 Å². The summed E-state index contributed by atoms with van der Waals surface area (Å²) >= 11 is 0. The summed E-state index contributed by atoms with van der Waals surface area (Å²) in [5.41, 5.74) is 0.181. The average molecular weight is 219 g/mol. The first-order chi connectivity index (χ1) is 7.56. The molecule has 86 valence electrons. The lowest BCUT2D eigenvalue weighted by Gasteiger charge is -2.37. The standard InChI is InChI=1S/C13H17NO2/c1-13(12(15)16,10-8-9-10)14(2)11-6-4-3-5-7-11/h3-7,10H,8-9H2,1-2H3,(H,15,16). The van der Waals surface area contributed by atoms with Gasteiger partial charge in [-0.25, -0.2) is 4.79 Å². The molecule has 1 unspecified atom stereocenters. The summed E-state index contributed by atoms with van der Waals surface area (Å²) in [5.74, 6) is -0.462. The highest BCUT2D eigenvalue weighted by Crippen LogP contribution is 2.44. The van der Waals surface area contributed by atoms with Crippen molar-refractivity contribution in [1.29, 1.82) is 0 Å². The highest BCUT2D eigenvalue weighted by Gasteiger charge is 2.50. The number of hydrogen-bond acceptors (Lipinski definition) is 2. The van der Waals surface area contributed by atoms with Gasteiger partial charge in [-0.2, -0.15) is 0 Å². The van der Waals surface area contributed by atoms with Crippen LogP contribution in [0.15, 0.2) is 30.3 Å². The van der Waals surface area contributed by atoms with E-state index in [1.54, 1.807) is 0 Å². The van der Waals surface area contributed by atoms with Crippen molar-refractivity contribution in [3.05, 3.63) is 30.3 Å². The first-order valence-corrected chi connectivity index (χ1v) is 5.59. The van der Waals surface area contributed by atoms with Crippen molar-refractivity contribution in [2.75, 3.05) is 11.9 Å². The van der Waals surface area contributed by atoms with Gasteiger partial charge in [0.1, 0.15) is 5.54 Å². The molecule has 0 aromatic heterocycles. The quantitative estimate of drug-likeness (QED) is 0.845. The maximum Gasteiger partial charge on any atom is 0.329 e. The van der Waals surface area contributed by atoms with E-state index in [2.05, 4.69) is 0 Å². The van der Waals surface area contributed by atoms with Gasteiger partial charge in [-0.3, -0.25) is 0 Å². The summed E-state index contributed by atoms with van der Waals surface area (Å²) in [7, 11) is 1.86. The monoisotopic (exact) mass is 219 g/mol. The molecule has 0 spiro atoms. The van der Waals surface area contributed by atoms with Crippen LogP contribution in [0.5, 0.6) is 0 Å². The minimum Gasteiger partial charge on any atom is -0.479 e. The van der Waals surface area contributed by atoms with E-state index in [9.17, 15) is 9.90 Å². The summed E-state index contributed by atoms with van der Waals surface area (Å²) in [6, 6.07) is 9.70. The Morgan fingerprint density at radius 2 is 1.94 bits per heavy atom. The molecule has 1 atom stereocenters. The van der Waals surface area contributed by atoms with Gasteiger partial charge < -0.3 is 10.0 Å². The zero-order valence-electron chi connectivity index (χ0n) is 9.68. The van der Waals surface area contributed by atoms with Gasteiger partial charge >= 0.3 is 5.97 Å². The van der Waals surface area contributed by atoms with E-state index in [4.69, 9.17) is 0 Å². The van der Waals surface area contributed by atoms with Gasteiger partial charge in [-0.1, -0.05) is 18.2 Å². The molecule has 1 aliphatic rings. The Morgan fingerprint density at radius 1 is 1.38 bits per heavy atom. The van der Waals surface area contributed by atoms with E-state index >= 15 is 0 Å². The molecule has 1 aromatic rings. The highest BCUT2D eigenvalue weighted by molar-refractivity contribution is 5.84.